The molecule has 16 heteroatoms. The lowest BCUT2D eigenvalue weighted by molar-refractivity contribution is -0.135. The largest absolute Gasteiger partial charge is 0.465 e. The van der Waals surface area contributed by atoms with E-state index in [2.05, 4.69) is 42.7 Å². The van der Waals surface area contributed by atoms with Gasteiger partial charge < -0.3 is 44.8 Å². The highest BCUT2D eigenvalue weighted by Gasteiger charge is 2.37. The molecule has 314 valence electrons. The van der Waals surface area contributed by atoms with E-state index in [0.717, 1.165) is 64.9 Å². The minimum absolute atomic E-state index is 0.209. The number of imidazole rings is 3. The first kappa shape index (κ1) is 40.5. The molecule has 0 radical (unpaired) electrons. The minimum Gasteiger partial charge on any atom is -0.465 e. The molecule has 2 fully saturated rings. The van der Waals surface area contributed by atoms with Gasteiger partial charge in [-0.05, 0) is 60.4 Å². The number of alkyl carbamates (subject to hydrolysis) is 1. The summed E-state index contributed by atoms with van der Waals surface area (Å²) in [6.45, 7) is 3.27. The summed E-state index contributed by atoms with van der Waals surface area (Å²) in [5.41, 5.74) is 7.43. The number of H-pyrrole nitrogens is 2. The molecule has 1 unspecified atom stereocenters. The van der Waals surface area contributed by atoms with Crippen LogP contribution in [0.25, 0.3) is 33.6 Å². The first-order chi connectivity index (χ1) is 29.6. The summed E-state index contributed by atoms with van der Waals surface area (Å²) in [6, 6.07) is 24.1. The van der Waals surface area contributed by atoms with Crippen LogP contribution in [0.2, 0.25) is 0 Å². The fourth-order valence-corrected chi connectivity index (χ4v) is 8.32. The van der Waals surface area contributed by atoms with Gasteiger partial charge in [0.2, 0.25) is 11.8 Å². The molecule has 61 heavy (non-hydrogen) atoms. The van der Waals surface area contributed by atoms with Crippen molar-refractivity contribution in [2.75, 3.05) is 20.2 Å². The molecule has 5 N–H and O–H groups in total. The van der Waals surface area contributed by atoms with Gasteiger partial charge in [-0.3, -0.25) is 9.59 Å². The van der Waals surface area contributed by atoms with Gasteiger partial charge in [0.1, 0.15) is 23.7 Å². The number of aromatic nitrogens is 6. The van der Waals surface area contributed by atoms with Crippen molar-refractivity contribution in [3.63, 3.8) is 0 Å². The number of carboxylic acid groups (broad SMARTS) is 1. The molecule has 2 saturated heterocycles. The molecular weight excluding hydrogens is 777 g/mol. The Morgan fingerprint density at radius 2 is 1.30 bits per heavy atom. The van der Waals surface area contributed by atoms with Crippen molar-refractivity contribution in [3.05, 3.63) is 127 Å². The van der Waals surface area contributed by atoms with E-state index in [9.17, 15) is 19.2 Å². The molecule has 6 aromatic rings. The average molecular weight is 825 g/mol. The molecule has 3 aromatic heterocycles. The predicted octanol–water partition coefficient (Wildman–Crippen LogP) is 6.33. The molecule has 0 aliphatic carbocycles. The van der Waals surface area contributed by atoms with Crippen LogP contribution in [-0.2, 0) is 27.3 Å². The third-order valence-corrected chi connectivity index (χ3v) is 11.4. The molecule has 16 nitrogen and oxygen atoms in total. The van der Waals surface area contributed by atoms with Crippen LogP contribution in [0.4, 0.5) is 9.59 Å². The number of nitrogens with one attached hydrogen (secondary N) is 4. The van der Waals surface area contributed by atoms with Crippen LogP contribution in [0.3, 0.4) is 0 Å². The Bertz CT molecular complexity index is 2480. The van der Waals surface area contributed by atoms with Gasteiger partial charge in [-0.1, -0.05) is 78.9 Å². The smallest absolute Gasteiger partial charge is 0.407 e. The molecule has 4 atom stereocenters. The monoisotopic (exact) mass is 824 g/mol. The Hall–Kier alpha value is -7.23. The number of nitrogens with zero attached hydrogens (tertiary/aromatic N) is 6. The number of amides is 4. The van der Waals surface area contributed by atoms with E-state index in [1.807, 2.05) is 77.5 Å². The molecular formula is C45H48N10O6. The number of rotatable bonds is 13. The lowest BCUT2D eigenvalue weighted by atomic mass is 10.0. The van der Waals surface area contributed by atoms with Crippen LogP contribution in [0.5, 0.6) is 0 Å². The zero-order chi connectivity index (χ0) is 42.5. The second-order valence-corrected chi connectivity index (χ2v) is 15.5. The fourth-order valence-electron chi connectivity index (χ4n) is 8.32. The predicted molar refractivity (Wildman–Crippen MR) is 226 cm³/mol. The summed E-state index contributed by atoms with van der Waals surface area (Å²) < 4.78 is 6.84. The minimum atomic E-state index is -1.23. The fraction of sp³-hybridized carbons (Fsp3) is 0.311. The van der Waals surface area contributed by atoms with Gasteiger partial charge in [-0.15, -0.1) is 0 Å². The number of aromatic amines is 2. The number of carbonyl (C=O) groups excluding carboxylic acids is 3. The van der Waals surface area contributed by atoms with Gasteiger partial charge in [-0.25, -0.2) is 24.5 Å². The van der Waals surface area contributed by atoms with Crippen LogP contribution in [0.15, 0.2) is 104 Å². The molecule has 3 aromatic carbocycles. The second kappa shape index (κ2) is 17.9. The van der Waals surface area contributed by atoms with Gasteiger partial charge >= 0.3 is 12.2 Å². The van der Waals surface area contributed by atoms with Crippen molar-refractivity contribution >= 4 is 24.0 Å². The molecule has 2 aliphatic heterocycles. The van der Waals surface area contributed by atoms with Crippen molar-refractivity contribution in [2.24, 2.45) is 0 Å². The van der Waals surface area contributed by atoms with E-state index in [4.69, 9.17) is 14.8 Å². The number of benzene rings is 3. The summed E-state index contributed by atoms with van der Waals surface area (Å²) in [5.74, 6) is 0.870. The Morgan fingerprint density at radius 3 is 1.84 bits per heavy atom. The Morgan fingerprint density at radius 1 is 0.754 bits per heavy atom. The van der Waals surface area contributed by atoms with Gasteiger partial charge in [0, 0.05) is 32.3 Å². The van der Waals surface area contributed by atoms with Crippen molar-refractivity contribution in [2.45, 2.75) is 69.7 Å². The van der Waals surface area contributed by atoms with Crippen molar-refractivity contribution in [1.82, 2.24) is 49.9 Å². The number of ether oxygens (including phenoxy) is 1. The van der Waals surface area contributed by atoms with E-state index in [1.165, 1.54) is 7.11 Å². The zero-order valence-corrected chi connectivity index (χ0v) is 34.0. The van der Waals surface area contributed by atoms with Crippen LogP contribution in [-0.4, -0.2) is 101 Å². The van der Waals surface area contributed by atoms with Crippen LogP contribution >= 0.6 is 0 Å². The topological polar surface area (TPSA) is 203 Å². The lowest BCUT2D eigenvalue weighted by Crippen LogP contribution is -2.49. The Kier molecular flexibility index (Phi) is 11.9. The summed E-state index contributed by atoms with van der Waals surface area (Å²) >= 11 is 0. The SMILES string of the molecule is COC(=O)N[C@@H](Cc1cn(Cc2ccccc2)cn1)C(=O)N1CCCC1c1ncc(-c2ccc(-c3ccc(-c4cnc([C@@H]5CCCN5C(=O)[C@H](C)NC(=O)O)[nH]4)cc3)cc2)[nH]1. The average Bonchev–Trinajstić information content (AvgIpc) is 4.14. The normalized spacial score (nSPS) is 17.2. The highest BCUT2D eigenvalue weighted by molar-refractivity contribution is 5.87. The second-order valence-electron chi connectivity index (χ2n) is 15.5. The Balaban J connectivity index is 0.908. The van der Waals surface area contributed by atoms with Crippen LogP contribution in [0, 0.1) is 0 Å². The van der Waals surface area contributed by atoms with Gasteiger partial charge in [-0.2, -0.15) is 0 Å². The molecule has 5 heterocycles. The summed E-state index contributed by atoms with van der Waals surface area (Å²) in [5, 5.41) is 14.1. The molecule has 4 amide bonds. The maximum absolute atomic E-state index is 14.1. The highest BCUT2D eigenvalue weighted by Crippen LogP contribution is 2.35. The van der Waals surface area contributed by atoms with E-state index in [-0.39, 0.29) is 30.3 Å². The summed E-state index contributed by atoms with van der Waals surface area (Å²) in [6.07, 6.45) is 8.56. The molecule has 0 spiro atoms. The van der Waals surface area contributed by atoms with Crippen molar-refractivity contribution in [1.29, 1.82) is 0 Å². The van der Waals surface area contributed by atoms with E-state index in [0.29, 0.717) is 37.0 Å². The molecule has 0 bridgehead atoms. The van der Waals surface area contributed by atoms with E-state index >= 15 is 0 Å². The number of hydrogen-bond acceptors (Lipinski definition) is 8. The Labute approximate surface area is 352 Å². The maximum atomic E-state index is 14.1. The molecule has 2 aliphatic rings. The molecule has 0 saturated carbocycles. The van der Waals surface area contributed by atoms with E-state index in [1.54, 1.807) is 35.4 Å². The molecule has 8 rings (SSSR count). The zero-order valence-electron chi connectivity index (χ0n) is 34.0. The first-order valence-electron chi connectivity index (χ1n) is 20.4. The number of likely N-dealkylation sites (tertiary alicyclic amines) is 2. The van der Waals surface area contributed by atoms with Gasteiger partial charge in [0.05, 0.1) is 55.0 Å². The van der Waals surface area contributed by atoms with E-state index < -0.39 is 24.3 Å². The third kappa shape index (κ3) is 9.17. The standard InChI is InChI=1S/C45H48N10O6/c1-28(49-44(58)59)42(56)54-20-6-10-38(54)40-46-23-36(50-40)32-16-12-30(13-17-32)31-14-18-33(19-15-31)37-24-47-41(51-37)39-11-7-21-55(39)43(57)35(52-45(60)61-2)22-34-26-53(27-48-34)25-29-8-4-3-5-9-29/h3-5,8-9,12-19,23-24,26-28,35,38-39,49H,6-7,10-11,20-22,25H2,1-2H3,(H,46,50)(H,47,51)(H,52,60)(H,58,59)/t28-,35-,38-,39?/m0/s1. The number of hydrogen-bond donors (Lipinski definition) is 5. The number of methoxy groups -OCH3 is 1. The maximum Gasteiger partial charge on any atom is 0.407 e. The van der Waals surface area contributed by atoms with Crippen molar-refractivity contribution in [3.8, 4) is 33.6 Å². The third-order valence-electron chi connectivity index (χ3n) is 11.4. The summed E-state index contributed by atoms with van der Waals surface area (Å²) in [4.78, 5) is 74.8. The van der Waals surface area contributed by atoms with Gasteiger partial charge in [0.15, 0.2) is 0 Å². The lowest BCUT2D eigenvalue weighted by Gasteiger charge is -2.28. The summed E-state index contributed by atoms with van der Waals surface area (Å²) in [7, 11) is 1.28. The number of carbonyl (C=O) groups is 4. The first-order valence-corrected chi connectivity index (χ1v) is 20.4. The quantitative estimate of drug-likeness (QED) is 0.0882. The van der Waals surface area contributed by atoms with Crippen LogP contribution in [0.1, 0.15) is 67.6 Å². The van der Waals surface area contributed by atoms with Crippen LogP contribution < -0.4 is 10.6 Å². The highest BCUT2D eigenvalue weighted by atomic mass is 16.5. The van der Waals surface area contributed by atoms with Gasteiger partial charge in [0.25, 0.3) is 0 Å². The van der Waals surface area contributed by atoms with Crippen molar-refractivity contribution < 1.29 is 29.0 Å².